The van der Waals surface area contributed by atoms with Gasteiger partial charge in [-0.15, -0.1) is 4.73 Å². The normalized spacial score (nSPS) is 18.9. The van der Waals surface area contributed by atoms with Crippen LogP contribution < -0.4 is 15.2 Å². The third-order valence-corrected chi connectivity index (χ3v) is 2.98. The molecule has 8 heteroatoms. The standard InChI is InChI=1S/C12H10N2O6/c13-5-4-8(15)19-7-3-1-2-6-9(7)10(20-12(5)17)11(16)14(6)18/h1-3,5,16,18H,4,13H2. The first-order valence-corrected chi connectivity index (χ1v) is 5.72. The van der Waals surface area contributed by atoms with Gasteiger partial charge in [-0.25, -0.2) is 4.79 Å². The highest BCUT2D eigenvalue weighted by atomic mass is 16.6. The van der Waals surface area contributed by atoms with Crippen molar-refractivity contribution < 1.29 is 29.4 Å². The van der Waals surface area contributed by atoms with Crippen molar-refractivity contribution in [3.8, 4) is 17.4 Å². The van der Waals surface area contributed by atoms with Crippen molar-refractivity contribution in [2.45, 2.75) is 12.5 Å². The third kappa shape index (κ3) is 1.66. The number of hydrogen-bond donors (Lipinski definition) is 3. The molecule has 1 aliphatic rings. The molecule has 0 fully saturated rings. The quantitative estimate of drug-likeness (QED) is 0.355. The van der Waals surface area contributed by atoms with Gasteiger partial charge >= 0.3 is 11.9 Å². The first-order chi connectivity index (χ1) is 9.49. The molecule has 0 amide bonds. The molecular formula is C12H10N2O6. The van der Waals surface area contributed by atoms with Crippen LogP contribution in [0.1, 0.15) is 6.42 Å². The Bertz CT molecular complexity index is 735. The number of ether oxygens (including phenoxy) is 2. The van der Waals surface area contributed by atoms with Crippen molar-refractivity contribution in [2.24, 2.45) is 5.73 Å². The highest BCUT2D eigenvalue weighted by molar-refractivity contribution is 5.99. The molecule has 3 rings (SSSR count). The van der Waals surface area contributed by atoms with Gasteiger partial charge in [0.1, 0.15) is 11.8 Å². The maximum absolute atomic E-state index is 11.7. The summed E-state index contributed by atoms with van der Waals surface area (Å²) in [4.78, 5) is 23.4. The summed E-state index contributed by atoms with van der Waals surface area (Å²) < 4.78 is 10.5. The van der Waals surface area contributed by atoms with Gasteiger partial charge in [0.05, 0.1) is 17.3 Å². The molecule has 0 radical (unpaired) electrons. The van der Waals surface area contributed by atoms with Gasteiger partial charge in [-0.3, -0.25) is 4.79 Å². The molecule has 1 aromatic carbocycles. The Kier molecular flexibility index (Phi) is 2.54. The number of rotatable bonds is 0. The molecule has 2 aromatic rings. The fourth-order valence-electron chi connectivity index (χ4n) is 2.03. The topological polar surface area (TPSA) is 124 Å². The van der Waals surface area contributed by atoms with Crippen molar-refractivity contribution in [3.05, 3.63) is 18.2 Å². The van der Waals surface area contributed by atoms with Crippen LogP contribution in [0, 0.1) is 0 Å². The molecule has 0 saturated heterocycles. The molecule has 8 nitrogen and oxygen atoms in total. The van der Waals surface area contributed by atoms with E-state index in [0.29, 0.717) is 4.73 Å². The zero-order chi connectivity index (χ0) is 14.4. The van der Waals surface area contributed by atoms with E-state index in [0.717, 1.165) is 0 Å². The molecule has 1 aromatic heterocycles. The summed E-state index contributed by atoms with van der Waals surface area (Å²) in [6.07, 6.45) is -0.348. The SMILES string of the molecule is NC1CC(=O)Oc2cccc3c2c(c(O)n3O)OC1=O. The molecule has 1 aliphatic heterocycles. The summed E-state index contributed by atoms with van der Waals surface area (Å²) in [7, 11) is 0. The molecular weight excluding hydrogens is 268 g/mol. The van der Waals surface area contributed by atoms with Crippen LogP contribution >= 0.6 is 0 Å². The highest BCUT2D eigenvalue weighted by Gasteiger charge is 2.30. The number of carbonyl (C=O) groups is 2. The van der Waals surface area contributed by atoms with Gasteiger partial charge < -0.3 is 25.5 Å². The lowest BCUT2D eigenvalue weighted by Gasteiger charge is -2.07. The minimum atomic E-state index is -1.21. The van der Waals surface area contributed by atoms with Gasteiger partial charge in [0.25, 0.3) is 5.88 Å². The summed E-state index contributed by atoms with van der Waals surface area (Å²) in [5, 5.41) is 19.7. The summed E-state index contributed by atoms with van der Waals surface area (Å²) in [5.41, 5.74) is 5.63. The summed E-state index contributed by atoms with van der Waals surface area (Å²) in [5.74, 6) is -2.52. The van der Waals surface area contributed by atoms with Gasteiger partial charge in [-0.05, 0) is 12.1 Å². The Balaban J connectivity index is 2.32. The number of aromatic hydroxyl groups is 1. The predicted octanol–water partition coefficient (Wildman–Crippen LogP) is 0.126. The van der Waals surface area contributed by atoms with Crippen LogP contribution in [-0.4, -0.2) is 33.0 Å². The number of nitrogens with zero attached hydrogens (tertiary/aromatic N) is 1. The van der Waals surface area contributed by atoms with Crippen molar-refractivity contribution in [1.82, 2.24) is 4.73 Å². The number of esters is 2. The van der Waals surface area contributed by atoms with Crippen molar-refractivity contribution in [2.75, 3.05) is 0 Å². The van der Waals surface area contributed by atoms with Crippen molar-refractivity contribution in [3.63, 3.8) is 0 Å². The molecule has 1 unspecified atom stereocenters. The zero-order valence-corrected chi connectivity index (χ0v) is 10.1. The van der Waals surface area contributed by atoms with Crippen molar-refractivity contribution >= 4 is 22.8 Å². The fraction of sp³-hybridized carbons (Fsp3) is 0.167. The number of benzene rings is 1. The average molecular weight is 278 g/mol. The lowest BCUT2D eigenvalue weighted by atomic mass is 10.2. The van der Waals surface area contributed by atoms with Gasteiger partial charge in [-0.1, -0.05) is 6.07 Å². The predicted molar refractivity (Wildman–Crippen MR) is 64.6 cm³/mol. The van der Waals surface area contributed by atoms with E-state index in [-0.39, 0.29) is 28.8 Å². The van der Waals surface area contributed by atoms with E-state index in [1.54, 1.807) is 0 Å². The smallest absolute Gasteiger partial charge is 0.329 e. The van der Waals surface area contributed by atoms with E-state index >= 15 is 0 Å². The van der Waals surface area contributed by atoms with Crippen LogP contribution in [-0.2, 0) is 9.59 Å². The van der Waals surface area contributed by atoms with Crippen LogP contribution in [0.5, 0.6) is 17.4 Å². The largest absolute Gasteiger partial charge is 0.490 e. The lowest BCUT2D eigenvalue weighted by Crippen LogP contribution is -2.36. The monoisotopic (exact) mass is 278 g/mol. The van der Waals surface area contributed by atoms with E-state index in [9.17, 15) is 19.9 Å². The fourth-order valence-corrected chi connectivity index (χ4v) is 2.03. The van der Waals surface area contributed by atoms with E-state index < -0.39 is 23.9 Å². The molecule has 20 heavy (non-hydrogen) atoms. The molecule has 104 valence electrons. The lowest BCUT2D eigenvalue weighted by molar-refractivity contribution is -0.141. The van der Waals surface area contributed by atoms with E-state index in [1.165, 1.54) is 18.2 Å². The van der Waals surface area contributed by atoms with Gasteiger partial charge in [-0.2, -0.15) is 0 Å². The Labute approximate surface area is 111 Å². The molecule has 1 atom stereocenters. The second kappa shape index (κ2) is 4.14. The van der Waals surface area contributed by atoms with Gasteiger partial charge in [0, 0.05) is 0 Å². The molecule has 0 aliphatic carbocycles. The highest BCUT2D eigenvalue weighted by Crippen LogP contribution is 2.43. The maximum atomic E-state index is 11.7. The summed E-state index contributed by atoms with van der Waals surface area (Å²) in [6.45, 7) is 0. The molecule has 4 N–H and O–H groups in total. The van der Waals surface area contributed by atoms with Crippen LogP contribution in [0.4, 0.5) is 0 Å². The minimum Gasteiger partial charge on any atom is -0.490 e. The molecule has 0 bridgehead atoms. The second-order valence-corrected chi connectivity index (χ2v) is 4.32. The molecule has 0 spiro atoms. The van der Waals surface area contributed by atoms with Crippen LogP contribution in [0.25, 0.3) is 10.9 Å². The zero-order valence-electron chi connectivity index (χ0n) is 10.1. The first-order valence-electron chi connectivity index (χ1n) is 5.72. The Morgan fingerprint density at radius 3 is 2.80 bits per heavy atom. The number of hydrogen-bond acceptors (Lipinski definition) is 7. The molecule has 2 heterocycles. The van der Waals surface area contributed by atoms with Crippen molar-refractivity contribution in [1.29, 1.82) is 0 Å². The number of carbonyl (C=O) groups excluding carboxylic acids is 2. The van der Waals surface area contributed by atoms with E-state index in [2.05, 4.69) is 0 Å². The number of nitrogens with two attached hydrogens (primary N) is 1. The average Bonchev–Trinajstić information content (AvgIpc) is 2.66. The Morgan fingerprint density at radius 2 is 2.05 bits per heavy atom. The van der Waals surface area contributed by atoms with Gasteiger partial charge in [0.2, 0.25) is 5.75 Å². The van der Waals surface area contributed by atoms with E-state index in [1.807, 2.05) is 0 Å². The maximum Gasteiger partial charge on any atom is 0.329 e. The molecule has 0 saturated carbocycles. The second-order valence-electron chi connectivity index (χ2n) is 4.32. The van der Waals surface area contributed by atoms with Crippen LogP contribution in [0.3, 0.4) is 0 Å². The summed E-state index contributed by atoms with van der Waals surface area (Å²) in [6, 6.07) is 3.21. The summed E-state index contributed by atoms with van der Waals surface area (Å²) >= 11 is 0. The van der Waals surface area contributed by atoms with E-state index in [4.69, 9.17) is 15.2 Å². The first kappa shape index (κ1) is 12.3. The third-order valence-electron chi connectivity index (χ3n) is 2.98. The Morgan fingerprint density at radius 1 is 1.30 bits per heavy atom. The van der Waals surface area contributed by atoms with Crippen LogP contribution in [0.2, 0.25) is 0 Å². The van der Waals surface area contributed by atoms with Crippen LogP contribution in [0.15, 0.2) is 18.2 Å². The number of aromatic nitrogens is 1. The Hall–Kier alpha value is -2.74. The van der Waals surface area contributed by atoms with Gasteiger partial charge in [0.15, 0.2) is 0 Å². The minimum absolute atomic E-state index is 0.0625.